The number of carboxylic acid groups (broad SMARTS) is 1. The minimum absolute atomic E-state index is 0.0357. The lowest BCUT2D eigenvalue weighted by Gasteiger charge is -2.20. The van der Waals surface area contributed by atoms with Crippen LogP contribution in [0.15, 0.2) is 22.6 Å². The number of carboxylic acids is 1. The van der Waals surface area contributed by atoms with Gasteiger partial charge < -0.3 is 19.2 Å². The molecule has 0 aliphatic carbocycles. The summed E-state index contributed by atoms with van der Waals surface area (Å²) >= 11 is 0. The molecule has 1 saturated heterocycles. The minimum atomic E-state index is -1.09. The number of ether oxygens (including phenoxy) is 1. The zero-order valence-corrected chi connectivity index (χ0v) is 12.7. The molecule has 2 unspecified atom stereocenters. The number of halogens is 1. The molecule has 122 valence electrons. The molecule has 2 aromatic rings. The first-order valence-corrected chi connectivity index (χ1v) is 7.17. The lowest BCUT2D eigenvalue weighted by Crippen LogP contribution is -2.40. The van der Waals surface area contributed by atoms with Crippen LogP contribution in [0.4, 0.5) is 4.39 Å². The van der Waals surface area contributed by atoms with Crippen molar-refractivity contribution in [3.05, 3.63) is 35.3 Å². The van der Waals surface area contributed by atoms with Crippen LogP contribution in [0.5, 0.6) is 0 Å². The Morgan fingerprint density at radius 2 is 2.17 bits per heavy atom. The van der Waals surface area contributed by atoms with Gasteiger partial charge in [0.25, 0.3) is 5.91 Å². The highest BCUT2D eigenvalue weighted by Crippen LogP contribution is 2.29. The van der Waals surface area contributed by atoms with Crippen LogP contribution in [-0.4, -0.2) is 47.7 Å². The number of fused-ring (bicyclic) bond motifs is 1. The average Bonchev–Trinajstić information content (AvgIpc) is 3.09. The minimum Gasteiger partial charge on any atom is -0.480 e. The van der Waals surface area contributed by atoms with E-state index in [9.17, 15) is 19.1 Å². The van der Waals surface area contributed by atoms with Crippen LogP contribution in [-0.2, 0) is 9.53 Å². The Kier molecular flexibility index (Phi) is 3.81. The Balaban J connectivity index is 1.99. The third kappa shape index (κ3) is 2.57. The molecule has 2 atom stereocenters. The third-order valence-electron chi connectivity index (χ3n) is 4.23. The van der Waals surface area contributed by atoms with Gasteiger partial charge in [-0.1, -0.05) is 0 Å². The lowest BCUT2D eigenvalue weighted by atomic mass is 10.1. The molecule has 2 heterocycles. The molecule has 23 heavy (non-hydrogen) atoms. The van der Waals surface area contributed by atoms with Gasteiger partial charge in [0.2, 0.25) is 0 Å². The molecule has 7 heteroatoms. The number of carbonyl (C=O) groups excluding carboxylic acids is 1. The maximum Gasteiger partial charge on any atom is 0.326 e. The fraction of sp³-hybridized carbons (Fsp3) is 0.375. The molecule has 1 amide bonds. The summed E-state index contributed by atoms with van der Waals surface area (Å²) in [5.74, 6) is -2.00. The van der Waals surface area contributed by atoms with Gasteiger partial charge >= 0.3 is 5.97 Å². The number of furan rings is 1. The highest BCUT2D eigenvalue weighted by molar-refractivity contribution is 6.00. The number of aliphatic carboxylic acids is 1. The van der Waals surface area contributed by atoms with E-state index in [4.69, 9.17) is 9.15 Å². The van der Waals surface area contributed by atoms with Crippen LogP contribution in [0, 0.1) is 12.7 Å². The van der Waals surface area contributed by atoms with Crippen LogP contribution >= 0.6 is 0 Å². The van der Waals surface area contributed by atoms with Gasteiger partial charge in [-0.05, 0) is 25.1 Å². The van der Waals surface area contributed by atoms with E-state index in [1.54, 1.807) is 6.92 Å². The Bertz CT molecular complexity index is 784. The van der Waals surface area contributed by atoms with Crippen molar-refractivity contribution >= 4 is 22.8 Å². The number of carbonyl (C=O) groups is 2. The van der Waals surface area contributed by atoms with Crippen molar-refractivity contribution in [2.24, 2.45) is 0 Å². The quantitative estimate of drug-likeness (QED) is 0.937. The van der Waals surface area contributed by atoms with Gasteiger partial charge in [-0.15, -0.1) is 0 Å². The van der Waals surface area contributed by atoms with Gasteiger partial charge in [-0.25, -0.2) is 9.18 Å². The summed E-state index contributed by atoms with van der Waals surface area (Å²) in [6.07, 6.45) is -0.104. The first kappa shape index (κ1) is 15.5. The van der Waals surface area contributed by atoms with E-state index in [1.807, 2.05) is 0 Å². The van der Waals surface area contributed by atoms with Crippen LogP contribution < -0.4 is 0 Å². The SMILES string of the molecule is COC1CC(C(=O)O)N(C(=O)c2oc3ccc(F)cc3c2C)C1. The van der Waals surface area contributed by atoms with Gasteiger partial charge in [0.05, 0.1) is 6.10 Å². The summed E-state index contributed by atoms with van der Waals surface area (Å²) in [7, 11) is 1.48. The summed E-state index contributed by atoms with van der Waals surface area (Å²) in [5.41, 5.74) is 0.885. The maximum atomic E-state index is 13.4. The summed E-state index contributed by atoms with van der Waals surface area (Å²) in [6, 6.07) is 3.03. The van der Waals surface area contributed by atoms with E-state index in [0.29, 0.717) is 16.5 Å². The van der Waals surface area contributed by atoms with Crippen LogP contribution in [0.25, 0.3) is 11.0 Å². The Morgan fingerprint density at radius 3 is 2.83 bits per heavy atom. The predicted octanol–water partition coefficient (Wildman–Crippen LogP) is 2.19. The number of amides is 1. The monoisotopic (exact) mass is 321 g/mol. The maximum absolute atomic E-state index is 13.4. The van der Waals surface area contributed by atoms with Crippen LogP contribution in [0.1, 0.15) is 22.5 Å². The van der Waals surface area contributed by atoms with Gasteiger partial charge in [-0.2, -0.15) is 0 Å². The number of nitrogens with zero attached hydrogens (tertiary/aromatic N) is 1. The summed E-state index contributed by atoms with van der Waals surface area (Å²) in [4.78, 5) is 25.3. The summed E-state index contributed by atoms with van der Waals surface area (Å²) in [6.45, 7) is 1.83. The summed E-state index contributed by atoms with van der Waals surface area (Å²) < 4.78 is 24.1. The van der Waals surface area contributed by atoms with E-state index in [1.165, 1.54) is 30.2 Å². The van der Waals surface area contributed by atoms with Crippen molar-refractivity contribution in [3.8, 4) is 0 Å². The fourth-order valence-electron chi connectivity index (χ4n) is 2.95. The molecule has 1 fully saturated rings. The zero-order chi connectivity index (χ0) is 16.7. The van der Waals surface area contributed by atoms with E-state index in [2.05, 4.69) is 0 Å². The highest BCUT2D eigenvalue weighted by atomic mass is 19.1. The number of benzene rings is 1. The van der Waals surface area contributed by atoms with Crippen molar-refractivity contribution in [1.82, 2.24) is 4.90 Å². The second kappa shape index (κ2) is 5.66. The molecule has 0 saturated carbocycles. The van der Waals surface area contributed by atoms with E-state index in [-0.39, 0.29) is 24.8 Å². The number of hydrogen-bond donors (Lipinski definition) is 1. The highest BCUT2D eigenvalue weighted by Gasteiger charge is 2.41. The van der Waals surface area contributed by atoms with E-state index in [0.717, 1.165) is 0 Å². The van der Waals surface area contributed by atoms with Gasteiger partial charge in [0.1, 0.15) is 17.4 Å². The smallest absolute Gasteiger partial charge is 0.326 e. The molecule has 0 spiro atoms. The fourth-order valence-corrected chi connectivity index (χ4v) is 2.95. The molecule has 3 rings (SSSR count). The molecule has 1 aliphatic rings. The molecular formula is C16H16FNO5. The topological polar surface area (TPSA) is 80.0 Å². The van der Waals surface area contributed by atoms with Gasteiger partial charge in [0.15, 0.2) is 5.76 Å². The molecular weight excluding hydrogens is 305 g/mol. The van der Waals surface area contributed by atoms with Crippen molar-refractivity contribution in [3.63, 3.8) is 0 Å². The van der Waals surface area contributed by atoms with Crippen molar-refractivity contribution in [2.45, 2.75) is 25.5 Å². The van der Waals surface area contributed by atoms with Crippen LogP contribution in [0.3, 0.4) is 0 Å². The molecule has 1 aromatic heterocycles. The van der Waals surface area contributed by atoms with E-state index >= 15 is 0 Å². The third-order valence-corrected chi connectivity index (χ3v) is 4.23. The molecule has 0 bridgehead atoms. The number of methoxy groups -OCH3 is 1. The van der Waals surface area contributed by atoms with Crippen molar-refractivity contribution < 1.29 is 28.2 Å². The molecule has 1 aliphatic heterocycles. The number of aryl methyl sites for hydroxylation is 1. The predicted molar refractivity (Wildman–Crippen MR) is 78.8 cm³/mol. The Morgan fingerprint density at radius 1 is 1.43 bits per heavy atom. The molecule has 0 radical (unpaired) electrons. The Hall–Kier alpha value is -2.41. The second-order valence-electron chi connectivity index (χ2n) is 5.60. The number of hydrogen-bond acceptors (Lipinski definition) is 4. The standard InChI is InChI=1S/C16H16FNO5/c1-8-11-5-9(17)3-4-13(11)23-14(8)15(19)18-7-10(22-2)6-12(18)16(20)21/h3-5,10,12H,6-7H2,1-2H3,(H,20,21). The van der Waals surface area contributed by atoms with Crippen molar-refractivity contribution in [1.29, 1.82) is 0 Å². The average molecular weight is 321 g/mol. The first-order chi connectivity index (χ1) is 10.9. The lowest BCUT2D eigenvalue weighted by molar-refractivity contribution is -0.141. The molecule has 1 aromatic carbocycles. The molecule has 6 nitrogen and oxygen atoms in total. The summed E-state index contributed by atoms with van der Waals surface area (Å²) in [5, 5.41) is 9.81. The first-order valence-electron chi connectivity index (χ1n) is 7.17. The molecule has 1 N–H and O–H groups in total. The second-order valence-corrected chi connectivity index (χ2v) is 5.60. The largest absolute Gasteiger partial charge is 0.480 e. The normalized spacial score (nSPS) is 21.1. The van der Waals surface area contributed by atoms with Crippen molar-refractivity contribution in [2.75, 3.05) is 13.7 Å². The van der Waals surface area contributed by atoms with E-state index < -0.39 is 23.7 Å². The van der Waals surface area contributed by atoms with Crippen LogP contribution in [0.2, 0.25) is 0 Å². The zero-order valence-electron chi connectivity index (χ0n) is 12.7. The number of likely N-dealkylation sites (tertiary alicyclic amines) is 1. The Labute approximate surface area is 131 Å². The van der Waals surface area contributed by atoms with Gasteiger partial charge in [-0.3, -0.25) is 4.79 Å². The number of rotatable bonds is 3. The van der Waals surface area contributed by atoms with Gasteiger partial charge in [0, 0.05) is 31.0 Å².